The van der Waals surface area contributed by atoms with Crippen LogP contribution in [0.3, 0.4) is 0 Å². The van der Waals surface area contributed by atoms with E-state index >= 15 is 0 Å². The second-order valence-electron chi connectivity index (χ2n) is 3.15. The largest absolute Gasteiger partial charge is 0.379 e. The van der Waals surface area contributed by atoms with Gasteiger partial charge in [-0.3, -0.25) is 0 Å². The van der Waals surface area contributed by atoms with Crippen molar-refractivity contribution in [1.29, 1.82) is 0 Å². The molecule has 11 heavy (non-hydrogen) atoms. The summed E-state index contributed by atoms with van der Waals surface area (Å²) in [6.45, 7) is 1.55. The Morgan fingerprint density at radius 2 is 2.27 bits per heavy atom. The summed E-state index contributed by atoms with van der Waals surface area (Å²) in [4.78, 5) is 0. The van der Waals surface area contributed by atoms with Crippen molar-refractivity contribution in [1.82, 2.24) is 0 Å². The van der Waals surface area contributed by atoms with Crippen LogP contribution in [-0.4, -0.2) is 32.7 Å². The number of methoxy groups -OCH3 is 1. The number of hydrogen-bond acceptors (Lipinski definition) is 3. The van der Waals surface area contributed by atoms with Crippen molar-refractivity contribution in [2.24, 2.45) is 5.92 Å². The summed E-state index contributed by atoms with van der Waals surface area (Å²) in [7, 11) is 1.74. The van der Waals surface area contributed by atoms with Crippen LogP contribution in [0.5, 0.6) is 0 Å². The minimum atomic E-state index is 0.0219. The van der Waals surface area contributed by atoms with Crippen molar-refractivity contribution < 1.29 is 14.2 Å². The van der Waals surface area contributed by atoms with Crippen LogP contribution in [0, 0.1) is 5.92 Å². The number of ether oxygens (including phenoxy) is 3. The van der Waals surface area contributed by atoms with Crippen molar-refractivity contribution in [3.63, 3.8) is 0 Å². The molecule has 2 unspecified atom stereocenters. The van der Waals surface area contributed by atoms with E-state index in [1.165, 1.54) is 6.42 Å². The maximum atomic E-state index is 5.43. The molecule has 0 amide bonds. The van der Waals surface area contributed by atoms with Crippen LogP contribution in [0.4, 0.5) is 0 Å². The molecule has 2 fully saturated rings. The van der Waals surface area contributed by atoms with Gasteiger partial charge in [0, 0.05) is 19.6 Å². The predicted molar refractivity (Wildman–Crippen MR) is 39.2 cm³/mol. The molecule has 3 atom stereocenters. The summed E-state index contributed by atoms with van der Waals surface area (Å²) in [5, 5.41) is 0. The Labute approximate surface area is 66.6 Å². The molecule has 2 aliphatic heterocycles. The van der Waals surface area contributed by atoms with Gasteiger partial charge in [-0.2, -0.15) is 0 Å². The maximum Gasteiger partial charge on any atom is 0.163 e. The normalized spacial score (nSPS) is 43.9. The van der Waals surface area contributed by atoms with Crippen molar-refractivity contribution in [2.75, 3.05) is 20.3 Å². The van der Waals surface area contributed by atoms with Crippen molar-refractivity contribution in [3.8, 4) is 0 Å². The zero-order chi connectivity index (χ0) is 7.68. The fraction of sp³-hybridized carbons (Fsp3) is 1.00. The van der Waals surface area contributed by atoms with Crippen molar-refractivity contribution in [3.05, 3.63) is 0 Å². The molecule has 0 aromatic rings. The molecule has 0 bridgehead atoms. The van der Waals surface area contributed by atoms with E-state index in [2.05, 4.69) is 0 Å². The summed E-state index contributed by atoms with van der Waals surface area (Å²) in [5.74, 6) is 0.480. The van der Waals surface area contributed by atoms with Gasteiger partial charge in [-0.05, 0) is 12.8 Å². The standard InChI is InChI=1S/C8H14O3/c1-9-7-5-11-8-6(7)3-2-4-10-8/h6-8H,2-5H2,1H3/t6?,7-,8?/m1/s1. The molecule has 0 aromatic carbocycles. The lowest BCUT2D eigenvalue weighted by atomic mass is 9.97. The highest BCUT2D eigenvalue weighted by Gasteiger charge is 2.39. The van der Waals surface area contributed by atoms with Gasteiger partial charge >= 0.3 is 0 Å². The molecule has 3 heteroatoms. The minimum absolute atomic E-state index is 0.0219. The molecule has 0 radical (unpaired) electrons. The summed E-state index contributed by atoms with van der Waals surface area (Å²) in [6.07, 6.45) is 2.61. The number of fused-ring (bicyclic) bond motifs is 1. The topological polar surface area (TPSA) is 27.7 Å². The summed E-state index contributed by atoms with van der Waals surface area (Å²) < 4.78 is 16.1. The van der Waals surface area contributed by atoms with Gasteiger partial charge in [0.15, 0.2) is 6.29 Å². The average Bonchev–Trinajstić information content (AvgIpc) is 2.47. The first kappa shape index (κ1) is 7.53. The number of rotatable bonds is 1. The molecule has 2 saturated heterocycles. The molecule has 0 N–H and O–H groups in total. The third-order valence-corrected chi connectivity index (χ3v) is 2.52. The van der Waals surface area contributed by atoms with Crippen molar-refractivity contribution in [2.45, 2.75) is 25.2 Å². The van der Waals surface area contributed by atoms with E-state index in [1.54, 1.807) is 7.11 Å². The predicted octanol–water partition coefficient (Wildman–Crippen LogP) is 0.784. The highest BCUT2D eigenvalue weighted by molar-refractivity contribution is 4.81. The Morgan fingerprint density at radius 3 is 3.09 bits per heavy atom. The smallest absolute Gasteiger partial charge is 0.163 e. The van der Waals surface area contributed by atoms with Gasteiger partial charge in [-0.25, -0.2) is 0 Å². The first-order valence-electron chi connectivity index (χ1n) is 4.18. The van der Waals surface area contributed by atoms with Crippen LogP contribution in [-0.2, 0) is 14.2 Å². The monoisotopic (exact) mass is 158 g/mol. The molecule has 3 nitrogen and oxygen atoms in total. The molecule has 0 spiro atoms. The lowest BCUT2D eigenvalue weighted by Gasteiger charge is -2.26. The zero-order valence-corrected chi connectivity index (χ0v) is 6.79. The van der Waals surface area contributed by atoms with Crippen LogP contribution in [0.25, 0.3) is 0 Å². The summed E-state index contributed by atoms with van der Waals surface area (Å²) >= 11 is 0. The summed E-state index contributed by atoms with van der Waals surface area (Å²) in [5.41, 5.74) is 0. The summed E-state index contributed by atoms with van der Waals surface area (Å²) in [6, 6.07) is 0. The quantitative estimate of drug-likeness (QED) is 0.564. The van der Waals surface area contributed by atoms with E-state index < -0.39 is 0 Å². The van der Waals surface area contributed by atoms with Crippen LogP contribution in [0.2, 0.25) is 0 Å². The van der Waals surface area contributed by atoms with Gasteiger partial charge in [-0.1, -0.05) is 0 Å². The van der Waals surface area contributed by atoms with Gasteiger partial charge in [0.05, 0.1) is 12.7 Å². The van der Waals surface area contributed by atoms with E-state index in [9.17, 15) is 0 Å². The van der Waals surface area contributed by atoms with Gasteiger partial charge < -0.3 is 14.2 Å². The molecule has 2 aliphatic rings. The van der Waals surface area contributed by atoms with Crippen LogP contribution in [0.1, 0.15) is 12.8 Å². The van der Waals surface area contributed by atoms with Gasteiger partial charge in [-0.15, -0.1) is 0 Å². The maximum absolute atomic E-state index is 5.43. The van der Waals surface area contributed by atoms with Gasteiger partial charge in [0.2, 0.25) is 0 Å². The van der Waals surface area contributed by atoms with Crippen LogP contribution >= 0.6 is 0 Å². The van der Waals surface area contributed by atoms with Crippen molar-refractivity contribution >= 4 is 0 Å². The Morgan fingerprint density at radius 1 is 1.36 bits per heavy atom. The fourth-order valence-corrected chi connectivity index (χ4v) is 1.87. The fourth-order valence-electron chi connectivity index (χ4n) is 1.87. The van der Waals surface area contributed by atoms with E-state index in [-0.39, 0.29) is 12.4 Å². The van der Waals surface area contributed by atoms with E-state index in [1.807, 2.05) is 0 Å². The van der Waals surface area contributed by atoms with E-state index in [0.717, 1.165) is 13.0 Å². The zero-order valence-electron chi connectivity index (χ0n) is 6.79. The molecule has 0 aromatic heterocycles. The van der Waals surface area contributed by atoms with E-state index in [0.29, 0.717) is 12.5 Å². The Kier molecular flexibility index (Phi) is 2.11. The second kappa shape index (κ2) is 3.09. The lowest BCUT2D eigenvalue weighted by molar-refractivity contribution is -0.152. The molecule has 2 heterocycles. The third kappa shape index (κ3) is 1.28. The Bertz CT molecular complexity index is 131. The molecule has 2 rings (SSSR count). The van der Waals surface area contributed by atoms with Crippen LogP contribution in [0.15, 0.2) is 0 Å². The highest BCUT2D eigenvalue weighted by Crippen LogP contribution is 2.31. The second-order valence-corrected chi connectivity index (χ2v) is 3.15. The lowest BCUT2D eigenvalue weighted by Crippen LogP contribution is -2.31. The molecule has 64 valence electrons. The molecule has 0 saturated carbocycles. The van der Waals surface area contributed by atoms with E-state index in [4.69, 9.17) is 14.2 Å². The molecular formula is C8H14O3. The minimum Gasteiger partial charge on any atom is -0.379 e. The first-order valence-corrected chi connectivity index (χ1v) is 4.18. The van der Waals surface area contributed by atoms with Gasteiger partial charge in [0.25, 0.3) is 0 Å². The molecular weight excluding hydrogens is 144 g/mol. The highest BCUT2D eigenvalue weighted by atomic mass is 16.7. The first-order chi connectivity index (χ1) is 5.42. The molecule has 0 aliphatic carbocycles. The average molecular weight is 158 g/mol. The Balaban J connectivity index is 1.98. The number of hydrogen-bond donors (Lipinski definition) is 0. The third-order valence-electron chi connectivity index (χ3n) is 2.52. The van der Waals surface area contributed by atoms with Gasteiger partial charge in [0.1, 0.15) is 0 Å². The Hall–Kier alpha value is -0.120. The van der Waals surface area contributed by atoms with Crippen LogP contribution < -0.4 is 0 Å². The SMILES string of the molecule is CO[C@@H]1COC2OCCCC21.